The summed E-state index contributed by atoms with van der Waals surface area (Å²) in [6.45, 7) is 6.34. The van der Waals surface area contributed by atoms with Gasteiger partial charge in [-0.2, -0.15) is 0 Å². The zero-order valence-electron chi connectivity index (χ0n) is 12.2. The summed E-state index contributed by atoms with van der Waals surface area (Å²) in [5.41, 5.74) is -1.65. The van der Waals surface area contributed by atoms with Crippen LogP contribution < -0.4 is 0 Å². The predicted molar refractivity (Wildman–Crippen MR) is 68.5 cm³/mol. The van der Waals surface area contributed by atoms with Gasteiger partial charge in [0.15, 0.2) is 5.79 Å². The molecule has 2 heterocycles. The molecular weight excluding hydrogens is 260 g/mol. The topological polar surface area (TPSA) is 76.0 Å². The number of aliphatic hydroxyl groups is 2. The van der Waals surface area contributed by atoms with Crippen LogP contribution in [0.3, 0.4) is 0 Å². The van der Waals surface area contributed by atoms with Gasteiger partial charge in [-0.3, -0.25) is 4.79 Å². The fourth-order valence-corrected chi connectivity index (χ4v) is 5.78. The zero-order chi connectivity index (χ0) is 14.6. The number of hydrogen-bond donors (Lipinski definition) is 2. The maximum Gasteiger partial charge on any atom is 0.307 e. The summed E-state index contributed by atoms with van der Waals surface area (Å²) in [7, 11) is 0. The van der Waals surface area contributed by atoms with E-state index >= 15 is 0 Å². The van der Waals surface area contributed by atoms with Crippen molar-refractivity contribution in [3.8, 4) is 0 Å². The maximum absolute atomic E-state index is 12.1. The summed E-state index contributed by atoms with van der Waals surface area (Å²) in [5.74, 6) is -1.60. The number of carbonyl (C=O) groups excluding carboxylic acids is 1. The van der Waals surface area contributed by atoms with Gasteiger partial charge in [0, 0.05) is 29.6 Å². The van der Waals surface area contributed by atoms with Gasteiger partial charge in [0.25, 0.3) is 0 Å². The van der Waals surface area contributed by atoms with Crippen LogP contribution in [0.2, 0.25) is 0 Å². The molecule has 112 valence electrons. The van der Waals surface area contributed by atoms with Gasteiger partial charge in [0.2, 0.25) is 0 Å². The van der Waals surface area contributed by atoms with E-state index in [-0.39, 0.29) is 24.2 Å². The van der Waals surface area contributed by atoms with Gasteiger partial charge in [0.05, 0.1) is 19.1 Å². The van der Waals surface area contributed by atoms with Crippen molar-refractivity contribution >= 4 is 5.97 Å². The third kappa shape index (κ3) is 1.02. The highest BCUT2D eigenvalue weighted by molar-refractivity contribution is 5.75. The molecule has 2 aliphatic heterocycles. The molecule has 2 saturated heterocycles. The van der Waals surface area contributed by atoms with E-state index in [0.29, 0.717) is 19.4 Å². The molecule has 0 radical (unpaired) electrons. The van der Waals surface area contributed by atoms with Gasteiger partial charge in [-0.05, 0) is 5.92 Å². The van der Waals surface area contributed by atoms with E-state index in [9.17, 15) is 15.0 Å². The molecule has 2 N–H and O–H groups in total. The van der Waals surface area contributed by atoms with Crippen LogP contribution in [0.1, 0.15) is 40.0 Å². The maximum atomic E-state index is 12.1. The lowest BCUT2D eigenvalue weighted by Crippen LogP contribution is -2.64. The van der Waals surface area contributed by atoms with Crippen molar-refractivity contribution in [3.05, 3.63) is 0 Å². The van der Waals surface area contributed by atoms with Crippen LogP contribution in [-0.4, -0.2) is 40.3 Å². The lowest BCUT2D eigenvalue weighted by atomic mass is 9.48. The molecule has 0 aromatic rings. The minimum atomic E-state index is -1.20. The summed E-state index contributed by atoms with van der Waals surface area (Å²) in [5, 5.41) is 21.3. The van der Waals surface area contributed by atoms with Crippen molar-refractivity contribution in [2.45, 2.75) is 57.5 Å². The molecule has 20 heavy (non-hydrogen) atoms. The highest BCUT2D eigenvalue weighted by atomic mass is 16.6. The Balaban J connectivity index is 1.97. The molecule has 4 unspecified atom stereocenters. The van der Waals surface area contributed by atoms with Gasteiger partial charge in [-0.25, -0.2) is 0 Å². The summed E-state index contributed by atoms with van der Waals surface area (Å²) >= 11 is 0. The smallest absolute Gasteiger partial charge is 0.307 e. The zero-order valence-corrected chi connectivity index (χ0v) is 12.2. The van der Waals surface area contributed by atoms with Crippen LogP contribution in [-0.2, 0) is 14.3 Å². The Kier molecular flexibility index (Phi) is 2.11. The van der Waals surface area contributed by atoms with Gasteiger partial charge in [0.1, 0.15) is 5.60 Å². The fraction of sp³-hybridized carbons (Fsp3) is 0.933. The highest BCUT2D eigenvalue weighted by Gasteiger charge is 2.83. The standard InChI is InChI=1S/C15H22O5/c1-8-10(16)4-15-12(3)7-19-14(18,9(12)2)6-13(8,15)5-11(17)20-15/h8-10,16,18H,4-7H2,1-3H3/t8-,9+,10-,12?,13?,14?,15?/m1/s1. The summed E-state index contributed by atoms with van der Waals surface area (Å²) in [6, 6.07) is 0. The Morgan fingerprint density at radius 2 is 2.05 bits per heavy atom. The first-order chi connectivity index (χ1) is 9.21. The van der Waals surface area contributed by atoms with Crippen molar-refractivity contribution in [2.75, 3.05) is 6.61 Å². The molecule has 2 aliphatic carbocycles. The molecule has 2 saturated carbocycles. The van der Waals surface area contributed by atoms with Crippen molar-refractivity contribution in [2.24, 2.45) is 22.7 Å². The fourth-order valence-electron chi connectivity index (χ4n) is 5.78. The molecule has 4 fully saturated rings. The third-order valence-electron chi connectivity index (χ3n) is 7.24. The van der Waals surface area contributed by atoms with E-state index < -0.39 is 28.3 Å². The highest BCUT2D eigenvalue weighted by Crippen LogP contribution is 2.75. The number of aliphatic hydroxyl groups excluding tert-OH is 1. The van der Waals surface area contributed by atoms with E-state index in [4.69, 9.17) is 9.47 Å². The predicted octanol–water partition coefficient (Wildman–Crippen LogP) is 0.824. The van der Waals surface area contributed by atoms with Gasteiger partial charge < -0.3 is 19.7 Å². The van der Waals surface area contributed by atoms with E-state index in [1.165, 1.54) is 0 Å². The van der Waals surface area contributed by atoms with Crippen molar-refractivity contribution in [1.29, 1.82) is 0 Å². The SMILES string of the molecule is C[C@@H]1C2(O)CC34CC(=O)OC3(C[C@@H](O)[C@H]4C)C1(C)CO2. The number of rotatable bonds is 0. The lowest BCUT2D eigenvalue weighted by Gasteiger charge is -2.56. The average Bonchev–Trinajstić information content (AvgIpc) is 2.83. The molecule has 0 spiro atoms. The first-order valence-electron chi connectivity index (χ1n) is 7.47. The van der Waals surface area contributed by atoms with Gasteiger partial charge in [-0.1, -0.05) is 20.8 Å². The minimum Gasteiger partial charge on any atom is -0.458 e. The van der Waals surface area contributed by atoms with Crippen molar-refractivity contribution in [1.82, 2.24) is 0 Å². The molecule has 4 aliphatic rings. The number of hydrogen-bond acceptors (Lipinski definition) is 5. The Hall–Kier alpha value is -0.650. The van der Waals surface area contributed by atoms with Crippen LogP contribution in [0.25, 0.3) is 0 Å². The van der Waals surface area contributed by atoms with E-state index in [1.807, 2.05) is 20.8 Å². The second-order valence-corrected chi connectivity index (χ2v) is 7.64. The number of carbonyl (C=O) groups is 1. The van der Waals surface area contributed by atoms with Crippen LogP contribution in [0.15, 0.2) is 0 Å². The van der Waals surface area contributed by atoms with Crippen LogP contribution >= 0.6 is 0 Å². The average molecular weight is 282 g/mol. The molecule has 4 rings (SSSR count). The third-order valence-corrected chi connectivity index (χ3v) is 7.24. The first-order valence-corrected chi connectivity index (χ1v) is 7.47. The number of ether oxygens (including phenoxy) is 2. The Morgan fingerprint density at radius 1 is 1.35 bits per heavy atom. The van der Waals surface area contributed by atoms with Crippen molar-refractivity contribution in [3.63, 3.8) is 0 Å². The van der Waals surface area contributed by atoms with Crippen LogP contribution in [0.5, 0.6) is 0 Å². The Bertz CT molecular complexity index is 506. The normalized spacial score (nSPS) is 64.0. The molecular formula is C15H22O5. The Morgan fingerprint density at radius 3 is 2.75 bits per heavy atom. The van der Waals surface area contributed by atoms with Gasteiger partial charge in [-0.15, -0.1) is 0 Å². The molecule has 5 nitrogen and oxygen atoms in total. The lowest BCUT2D eigenvalue weighted by molar-refractivity contribution is -0.257. The largest absolute Gasteiger partial charge is 0.458 e. The van der Waals surface area contributed by atoms with E-state index in [2.05, 4.69) is 0 Å². The monoisotopic (exact) mass is 282 g/mol. The molecule has 0 aromatic heterocycles. The molecule has 0 amide bonds. The van der Waals surface area contributed by atoms with E-state index in [1.54, 1.807) is 0 Å². The Labute approximate surface area is 118 Å². The number of fused-ring (bicyclic) bond motifs is 2. The first kappa shape index (κ1) is 13.0. The number of esters is 1. The molecule has 7 atom stereocenters. The van der Waals surface area contributed by atoms with Crippen LogP contribution in [0, 0.1) is 22.7 Å². The second-order valence-electron chi connectivity index (χ2n) is 7.64. The summed E-state index contributed by atoms with van der Waals surface area (Å²) < 4.78 is 11.6. The second kappa shape index (κ2) is 3.23. The summed E-state index contributed by atoms with van der Waals surface area (Å²) in [6.07, 6.45) is 0.621. The molecule has 5 heteroatoms. The quantitative estimate of drug-likeness (QED) is 0.643. The summed E-state index contributed by atoms with van der Waals surface area (Å²) in [4.78, 5) is 12.1. The van der Waals surface area contributed by atoms with Crippen molar-refractivity contribution < 1.29 is 24.5 Å². The molecule has 2 bridgehead atoms. The van der Waals surface area contributed by atoms with Crippen LogP contribution in [0.4, 0.5) is 0 Å². The van der Waals surface area contributed by atoms with E-state index in [0.717, 1.165) is 0 Å². The minimum absolute atomic E-state index is 0.0750. The van der Waals surface area contributed by atoms with Gasteiger partial charge >= 0.3 is 5.97 Å². The molecule has 0 aromatic carbocycles.